The number of benzene rings is 1. The van der Waals surface area contributed by atoms with Gasteiger partial charge in [-0.25, -0.2) is 13.2 Å². The minimum absolute atomic E-state index is 0.137. The number of carbonyl (C=O) groups excluding carboxylic acids is 2. The van der Waals surface area contributed by atoms with Crippen molar-refractivity contribution in [2.45, 2.75) is 44.2 Å². The summed E-state index contributed by atoms with van der Waals surface area (Å²) in [5.74, 6) is -0.229. The Labute approximate surface area is 172 Å². The van der Waals surface area contributed by atoms with Gasteiger partial charge in [0.15, 0.2) is 0 Å². The highest BCUT2D eigenvalue weighted by molar-refractivity contribution is 7.89. The largest absolute Gasteiger partial charge is 0.444 e. The SMILES string of the molecule is CC(=O)Nc1ccc(S(=O)(=O)N2CCN(C)CC2CNC(=O)OC(C)(C)C)cc1. The third kappa shape index (κ3) is 6.69. The maximum atomic E-state index is 13.2. The summed E-state index contributed by atoms with van der Waals surface area (Å²) in [6.45, 7) is 8.21. The van der Waals surface area contributed by atoms with Gasteiger partial charge in [-0.05, 0) is 52.1 Å². The van der Waals surface area contributed by atoms with E-state index < -0.39 is 27.8 Å². The first-order chi connectivity index (χ1) is 13.4. The molecule has 1 atom stereocenters. The predicted molar refractivity (Wildman–Crippen MR) is 110 cm³/mol. The highest BCUT2D eigenvalue weighted by Gasteiger charge is 2.35. The number of hydrogen-bond donors (Lipinski definition) is 2. The molecular weight excluding hydrogens is 396 g/mol. The molecule has 1 aromatic rings. The normalized spacial score (nSPS) is 18.9. The molecule has 1 unspecified atom stereocenters. The number of amides is 2. The molecule has 2 amide bonds. The van der Waals surface area contributed by atoms with Crippen molar-refractivity contribution in [2.75, 3.05) is 38.5 Å². The van der Waals surface area contributed by atoms with Gasteiger partial charge in [-0.15, -0.1) is 0 Å². The Hall–Kier alpha value is -2.17. The molecule has 0 bridgehead atoms. The van der Waals surface area contributed by atoms with Gasteiger partial charge in [-0.3, -0.25) is 4.79 Å². The molecule has 2 N–H and O–H groups in total. The van der Waals surface area contributed by atoms with Gasteiger partial charge in [0, 0.05) is 38.8 Å². The molecule has 1 aliphatic rings. The first kappa shape index (κ1) is 23.1. The number of anilines is 1. The molecule has 1 aromatic carbocycles. The van der Waals surface area contributed by atoms with Crippen LogP contribution in [0.15, 0.2) is 29.2 Å². The molecule has 162 valence electrons. The summed E-state index contributed by atoms with van der Waals surface area (Å²) in [6, 6.07) is 5.62. The van der Waals surface area contributed by atoms with E-state index in [1.54, 1.807) is 32.9 Å². The fraction of sp³-hybridized carbons (Fsp3) is 0.579. The molecule has 0 saturated carbocycles. The number of piperazine rings is 1. The second-order valence-electron chi connectivity index (χ2n) is 8.12. The van der Waals surface area contributed by atoms with Crippen LogP contribution in [0, 0.1) is 0 Å². The van der Waals surface area contributed by atoms with Crippen molar-refractivity contribution in [1.29, 1.82) is 0 Å². The van der Waals surface area contributed by atoms with E-state index in [0.717, 1.165) is 0 Å². The zero-order valence-corrected chi connectivity index (χ0v) is 18.4. The molecule has 0 radical (unpaired) electrons. The summed E-state index contributed by atoms with van der Waals surface area (Å²) in [7, 11) is -1.85. The molecule has 9 nitrogen and oxygen atoms in total. The molecule has 0 spiro atoms. The van der Waals surface area contributed by atoms with Gasteiger partial charge < -0.3 is 20.3 Å². The Morgan fingerprint density at radius 3 is 2.34 bits per heavy atom. The quantitative estimate of drug-likeness (QED) is 0.738. The number of ether oxygens (including phenoxy) is 1. The number of sulfonamides is 1. The van der Waals surface area contributed by atoms with Crippen molar-refractivity contribution >= 4 is 27.7 Å². The number of rotatable bonds is 5. The highest BCUT2D eigenvalue weighted by atomic mass is 32.2. The molecule has 1 saturated heterocycles. The van der Waals surface area contributed by atoms with E-state index in [1.165, 1.54) is 23.4 Å². The molecule has 10 heteroatoms. The summed E-state index contributed by atoms with van der Waals surface area (Å²) in [5, 5.41) is 5.29. The van der Waals surface area contributed by atoms with E-state index in [0.29, 0.717) is 25.3 Å². The van der Waals surface area contributed by atoms with Crippen molar-refractivity contribution in [3.05, 3.63) is 24.3 Å². The fourth-order valence-corrected chi connectivity index (χ4v) is 4.65. The van der Waals surface area contributed by atoms with Crippen molar-refractivity contribution in [2.24, 2.45) is 0 Å². The second kappa shape index (κ2) is 9.10. The van der Waals surface area contributed by atoms with Crippen LogP contribution in [0.25, 0.3) is 0 Å². The lowest BCUT2D eigenvalue weighted by Gasteiger charge is -2.39. The first-order valence-corrected chi connectivity index (χ1v) is 10.9. The van der Waals surface area contributed by atoms with E-state index in [9.17, 15) is 18.0 Å². The monoisotopic (exact) mass is 426 g/mol. The van der Waals surface area contributed by atoms with E-state index in [4.69, 9.17) is 4.74 Å². The summed E-state index contributed by atoms with van der Waals surface area (Å²) in [5.41, 5.74) is -0.104. The number of likely N-dealkylation sites (N-methyl/N-ethyl adjacent to an activating group) is 1. The van der Waals surface area contributed by atoms with E-state index in [-0.39, 0.29) is 17.3 Å². The van der Waals surface area contributed by atoms with Crippen LogP contribution in [0.5, 0.6) is 0 Å². The predicted octanol–water partition coefficient (Wildman–Crippen LogP) is 1.47. The summed E-state index contributed by atoms with van der Waals surface area (Å²) < 4.78 is 33.0. The van der Waals surface area contributed by atoms with Crippen LogP contribution in [-0.2, 0) is 19.6 Å². The van der Waals surface area contributed by atoms with Gasteiger partial charge >= 0.3 is 6.09 Å². The summed E-state index contributed by atoms with van der Waals surface area (Å²) >= 11 is 0. The third-order valence-electron chi connectivity index (χ3n) is 4.29. The summed E-state index contributed by atoms with van der Waals surface area (Å²) in [6.07, 6.45) is -0.581. The Morgan fingerprint density at radius 1 is 1.17 bits per heavy atom. The number of hydrogen-bond acceptors (Lipinski definition) is 6. The lowest BCUT2D eigenvalue weighted by Crippen LogP contribution is -2.57. The van der Waals surface area contributed by atoms with Crippen LogP contribution >= 0.6 is 0 Å². The number of alkyl carbamates (subject to hydrolysis) is 1. The molecule has 29 heavy (non-hydrogen) atoms. The van der Waals surface area contributed by atoms with Gasteiger partial charge in [0.2, 0.25) is 15.9 Å². The van der Waals surface area contributed by atoms with Gasteiger partial charge in [0.05, 0.1) is 10.9 Å². The van der Waals surface area contributed by atoms with Crippen LogP contribution in [0.2, 0.25) is 0 Å². The average molecular weight is 427 g/mol. The topological polar surface area (TPSA) is 108 Å². The maximum absolute atomic E-state index is 13.2. The third-order valence-corrected chi connectivity index (χ3v) is 6.26. The van der Waals surface area contributed by atoms with E-state index in [1.807, 2.05) is 11.9 Å². The zero-order chi connectivity index (χ0) is 21.8. The Kier molecular flexibility index (Phi) is 7.25. The minimum Gasteiger partial charge on any atom is -0.444 e. The fourth-order valence-electron chi connectivity index (χ4n) is 3.04. The lowest BCUT2D eigenvalue weighted by molar-refractivity contribution is -0.114. The van der Waals surface area contributed by atoms with Crippen LogP contribution < -0.4 is 10.6 Å². The Morgan fingerprint density at radius 2 is 1.79 bits per heavy atom. The second-order valence-corrected chi connectivity index (χ2v) is 10.0. The van der Waals surface area contributed by atoms with Crippen molar-refractivity contribution < 1.29 is 22.7 Å². The first-order valence-electron chi connectivity index (χ1n) is 9.43. The molecule has 0 aliphatic carbocycles. The number of nitrogens with zero attached hydrogens (tertiary/aromatic N) is 2. The van der Waals surface area contributed by atoms with Gasteiger partial charge in [0.1, 0.15) is 5.60 Å². The Balaban J connectivity index is 2.15. The van der Waals surface area contributed by atoms with Gasteiger partial charge in [0.25, 0.3) is 0 Å². The lowest BCUT2D eigenvalue weighted by atomic mass is 10.2. The summed E-state index contributed by atoms with van der Waals surface area (Å²) in [4.78, 5) is 25.3. The number of nitrogens with one attached hydrogen (secondary N) is 2. The highest BCUT2D eigenvalue weighted by Crippen LogP contribution is 2.22. The van der Waals surface area contributed by atoms with E-state index in [2.05, 4.69) is 10.6 Å². The van der Waals surface area contributed by atoms with Gasteiger partial charge in [-0.2, -0.15) is 4.31 Å². The molecule has 0 aromatic heterocycles. The maximum Gasteiger partial charge on any atom is 0.407 e. The smallest absolute Gasteiger partial charge is 0.407 e. The number of carbonyl (C=O) groups is 2. The molecule has 1 heterocycles. The van der Waals surface area contributed by atoms with Crippen molar-refractivity contribution in [3.8, 4) is 0 Å². The van der Waals surface area contributed by atoms with Crippen LogP contribution in [-0.4, -0.2) is 74.5 Å². The zero-order valence-electron chi connectivity index (χ0n) is 17.6. The van der Waals surface area contributed by atoms with Crippen LogP contribution in [0.4, 0.5) is 10.5 Å². The average Bonchev–Trinajstić information content (AvgIpc) is 2.58. The minimum atomic E-state index is -3.76. The molecular formula is C19H30N4O5S. The Bertz CT molecular complexity index is 833. The van der Waals surface area contributed by atoms with Crippen LogP contribution in [0.3, 0.4) is 0 Å². The van der Waals surface area contributed by atoms with Crippen LogP contribution in [0.1, 0.15) is 27.7 Å². The van der Waals surface area contributed by atoms with Crippen molar-refractivity contribution in [1.82, 2.24) is 14.5 Å². The standard InChI is InChI=1S/C19H30N4O5S/c1-14(24)21-15-6-8-17(9-7-15)29(26,27)23-11-10-22(5)13-16(23)12-20-18(25)28-19(2,3)4/h6-9,16H,10-13H2,1-5H3,(H,20,25)(H,21,24). The molecule has 2 rings (SSSR count). The van der Waals surface area contributed by atoms with E-state index >= 15 is 0 Å². The molecule has 1 fully saturated rings. The molecule has 1 aliphatic heterocycles. The van der Waals surface area contributed by atoms with Gasteiger partial charge in [-0.1, -0.05) is 0 Å². The van der Waals surface area contributed by atoms with Crippen molar-refractivity contribution in [3.63, 3.8) is 0 Å².